The third-order valence-corrected chi connectivity index (χ3v) is 9.91. The normalized spacial score (nSPS) is 13.1. The average molecular weight is 778 g/mol. The Labute approximate surface area is 325 Å². The van der Waals surface area contributed by atoms with Gasteiger partial charge < -0.3 is 19.4 Å². The summed E-state index contributed by atoms with van der Waals surface area (Å²) < 4.78 is 6.56. The molecular weight excluding hydrogens is 743 g/mol. The Kier molecular flexibility index (Phi) is 9.18. The maximum Gasteiger partial charge on any atom is 0.135 e. The molecule has 5 nitrogen and oxygen atoms in total. The van der Waals surface area contributed by atoms with Crippen LogP contribution >= 0.6 is 0 Å². The van der Waals surface area contributed by atoms with Gasteiger partial charge >= 0.3 is 0 Å². The van der Waals surface area contributed by atoms with Crippen LogP contribution in [0.15, 0.2) is 170 Å². The molecule has 1 aromatic heterocycles. The Balaban J connectivity index is 0.00000400. The van der Waals surface area contributed by atoms with Gasteiger partial charge in [-0.15, -0.1) is 48.3 Å². The summed E-state index contributed by atoms with van der Waals surface area (Å²) in [5, 5.41) is 0. The fourth-order valence-corrected chi connectivity index (χ4v) is 7.09. The van der Waals surface area contributed by atoms with Gasteiger partial charge in [-0.1, -0.05) is 116 Å². The van der Waals surface area contributed by atoms with E-state index in [1.165, 1.54) is 11.1 Å². The average Bonchev–Trinajstić information content (AvgIpc) is 3.66. The number of nitrogens with zero attached hydrogens (tertiary/aromatic N) is 4. The number of benzene rings is 6. The number of rotatable bonds is 7. The van der Waals surface area contributed by atoms with Gasteiger partial charge in [-0.05, 0) is 59.4 Å². The molecule has 53 heavy (non-hydrogen) atoms. The van der Waals surface area contributed by atoms with Crippen LogP contribution in [-0.4, -0.2) is 4.98 Å². The van der Waals surface area contributed by atoms with Crippen LogP contribution in [0.2, 0.25) is 0 Å². The second-order valence-corrected chi connectivity index (χ2v) is 13.4. The van der Waals surface area contributed by atoms with Crippen molar-refractivity contribution in [2.24, 2.45) is 0 Å². The van der Waals surface area contributed by atoms with Gasteiger partial charge in [0, 0.05) is 54.8 Å². The summed E-state index contributed by atoms with van der Waals surface area (Å²) in [7, 11) is 0. The van der Waals surface area contributed by atoms with Crippen LogP contribution in [0.4, 0.5) is 28.6 Å². The quantitative estimate of drug-likeness (QED) is 0.119. The van der Waals surface area contributed by atoms with Crippen molar-refractivity contribution in [2.45, 2.75) is 19.3 Å². The van der Waals surface area contributed by atoms with Crippen LogP contribution in [0.1, 0.15) is 25.0 Å². The van der Waals surface area contributed by atoms with E-state index >= 15 is 0 Å². The largest absolute Gasteiger partial charge is 0.509 e. The molecule has 0 N–H and O–H groups in total. The van der Waals surface area contributed by atoms with Crippen molar-refractivity contribution in [3.05, 3.63) is 200 Å². The van der Waals surface area contributed by atoms with E-state index in [0.29, 0.717) is 11.5 Å². The Morgan fingerprint density at radius 2 is 1.25 bits per heavy atom. The zero-order valence-electron chi connectivity index (χ0n) is 29.3. The summed E-state index contributed by atoms with van der Waals surface area (Å²) in [6.07, 6.45) is 5.97. The molecule has 6 heteroatoms. The van der Waals surface area contributed by atoms with Gasteiger partial charge in [0.05, 0.1) is 5.69 Å². The van der Waals surface area contributed by atoms with E-state index in [1.807, 2.05) is 72.6 Å². The van der Waals surface area contributed by atoms with Crippen LogP contribution in [0.25, 0.3) is 22.3 Å². The van der Waals surface area contributed by atoms with Gasteiger partial charge in [0.2, 0.25) is 0 Å². The minimum Gasteiger partial charge on any atom is -0.509 e. The Morgan fingerprint density at radius 1 is 0.585 bits per heavy atom. The maximum absolute atomic E-state index is 6.56. The summed E-state index contributed by atoms with van der Waals surface area (Å²) >= 11 is 0. The zero-order chi connectivity index (χ0) is 35.1. The van der Waals surface area contributed by atoms with Gasteiger partial charge in [-0.2, -0.15) is 12.1 Å². The van der Waals surface area contributed by atoms with Crippen molar-refractivity contribution >= 4 is 28.6 Å². The minimum absolute atomic E-state index is 0. The second-order valence-electron chi connectivity index (χ2n) is 13.4. The predicted molar refractivity (Wildman–Crippen MR) is 211 cm³/mol. The second kappa shape index (κ2) is 14.2. The summed E-state index contributed by atoms with van der Waals surface area (Å²) in [5.74, 6) is 1.99. The number of pyridine rings is 1. The SMILES string of the molecule is CC(C)(c1ccccc1)c1ccnc(N2c3[c-]c(Oc4[c-]c(N5C=CN(c6ccccc6)[CH-]5)ccc4)ccc3-c3ccccc3-c3ccccc32)c1.[Pd]. The summed E-state index contributed by atoms with van der Waals surface area (Å²) in [5.41, 5.74) is 10.5. The van der Waals surface area contributed by atoms with Gasteiger partial charge in [0.15, 0.2) is 0 Å². The Morgan fingerprint density at radius 3 is 2.04 bits per heavy atom. The molecule has 3 heterocycles. The van der Waals surface area contributed by atoms with Crippen molar-refractivity contribution in [2.75, 3.05) is 14.7 Å². The third kappa shape index (κ3) is 6.42. The summed E-state index contributed by atoms with van der Waals surface area (Å²) in [4.78, 5) is 11.3. The van der Waals surface area contributed by atoms with E-state index in [0.717, 1.165) is 50.8 Å². The van der Waals surface area contributed by atoms with Crippen molar-refractivity contribution in [3.63, 3.8) is 0 Å². The van der Waals surface area contributed by atoms with Gasteiger partial charge in [0.25, 0.3) is 0 Å². The number of para-hydroxylation sites is 2. The predicted octanol–water partition coefficient (Wildman–Crippen LogP) is 11.8. The molecule has 9 rings (SSSR count). The molecular formula is C47H35N4OPd-3. The molecule has 7 aromatic rings. The van der Waals surface area contributed by atoms with E-state index in [2.05, 4.69) is 145 Å². The molecule has 2 aliphatic rings. The number of hydrogen-bond acceptors (Lipinski definition) is 5. The fourth-order valence-electron chi connectivity index (χ4n) is 7.09. The number of fused-ring (bicyclic) bond motifs is 5. The first-order valence-corrected chi connectivity index (χ1v) is 17.5. The van der Waals surface area contributed by atoms with E-state index < -0.39 is 0 Å². The molecule has 0 aliphatic carbocycles. The van der Waals surface area contributed by atoms with Crippen LogP contribution in [-0.2, 0) is 25.8 Å². The van der Waals surface area contributed by atoms with E-state index in [4.69, 9.17) is 9.72 Å². The zero-order valence-corrected chi connectivity index (χ0v) is 30.8. The summed E-state index contributed by atoms with van der Waals surface area (Å²) in [6, 6.07) is 59.5. The smallest absolute Gasteiger partial charge is 0.135 e. The van der Waals surface area contributed by atoms with E-state index in [-0.39, 0.29) is 25.8 Å². The van der Waals surface area contributed by atoms with E-state index in [1.54, 1.807) is 0 Å². The standard InChI is InChI=1S/C47H35N4O.Pd/c1-47(2,34-14-5-3-6-15-34)35-26-27-48-46(30-35)51-44-23-12-11-22-42(44)40-20-9-10-21-41(40)43-25-24-39(32-45(43)51)52-38-19-13-18-37(31-38)50-29-28-49(33-50)36-16-7-4-8-17-36;/h3-30,33H,1-2H3;/q-3;. The van der Waals surface area contributed by atoms with Crippen molar-refractivity contribution in [1.82, 2.24) is 4.98 Å². The third-order valence-electron chi connectivity index (χ3n) is 9.91. The maximum atomic E-state index is 6.56. The Bertz CT molecular complexity index is 2430. The molecule has 262 valence electrons. The molecule has 0 amide bonds. The van der Waals surface area contributed by atoms with Crippen LogP contribution < -0.4 is 19.4 Å². The number of ether oxygens (including phenoxy) is 1. The van der Waals surface area contributed by atoms with Crippen molar-refractivity contribution in [3.8, 4) is 33.8 Å². The first-order chi connectivity index (χ1) is 25.5. The van der Waals surface area contributed by atoms with Crippen molar-refractivity contribution in [1.29, 1.82) is 0 Å². The number of hydrogen-bond donors (Lipinski definition) is 0. The summed E-state index contributed by atoms with van der Waals surface area (Å²) in [6.45, 7) is 6.56. The van der Waals surface area contributed by atoms with Gasteiger partial charge in [0.1, 0.15) is 5.82 Å². The first kappa shape index (κ1) is 34.2. The topological polar surface area (TPSA) is 31.8 Å². The monoisotopic (exact) mass is 777 g/mol. The molecule has 0 fully saturated rings. The fraction of sp³-hybridized carbons (Fsp3) is 0.0638. The molecule has 0 saturated carbocycles. The van der Waals surface area contributed by atoms with Gasteiger partial charge in [-0.25, -0.2) is 4.98 Å². The molecule has 0 radical (unpaired) electrons. The molecule has 2 aliphatic heterocycles. The molecule has 0 spiro atoms. The van der Waals surface area contributed by atoms with Crippen LogP contribution in [0.3, 0.4) is 0 Å². The molecule has 0 atom stereocenters. The first-order valence-electron chi connectivity index (χ1n) is 17.5. The molecule has 0 bridgehead atoms. The number of aromatic nitrogens is 1. The minimum atomic E-state index is -0.244. The van der Waals surface area contributed by atoms with E-state index in [9.17, 15) is 0 Å². The molecule has 6 aromatic carbocycles. The van der Waals surface area contributed by atoms with Crippen molar-refractivity contribution < 1.29 is 25.2 Å². The molecule has 0 unspecified atom stereocenters. The number of anilines is 5. The molecule has 0 saturated heterocycles. The van der Waals surface area contributed by atoms with Crippen LogP contribution in [0, 0.1) is 18.8 Å². The van der Waals surface area contributed by atoms with Crippen LogP contribution in [0.5, 0.6) is 11.5 Å². The van der Waals surface area contributed by atoms with Gasteiger partial charge in [-0.3, -0.25) is 0 Å². The Hall–Kier alpha value is -5.93.